The summed E-state index contributed by atoms with van der Waals surface area (Å²) in [5.74, 6) is -0.581. The van der Waals surface area contributed by atoms with Crippen molar-refractivity contribution in [2.75, 3.05) is 0 Å². The molecule has 23 heavy (non-hydrogen) atoms. The van der Waals surface area contributed by atoms with Crippen molar-refractivity contribution in [1.82, 2.24) is 0 Å². The van der Waals surface area contributed by atoms with Crippen LogP contribution in [0.3, 0.4) is 0 Å². The van der Waals surface area contributed by atoms with Crippen LogP contribution in [0, 0.1) is 5.92 Å². The van der Waals surface area contributed by atoms with Gasteiger partial charge in [0.05, 0.1) is 10.00 Å². The Labute approximate surface area is 136 Å². The van der Waals surface area contributed by atoms with E-state index in [1.54, 1.807) is 0 Å². The minimum Gasteiger partial charge on any atom is -0.375 e. The Hall–Kier alpha value is -0.310. The molecule has 0 rings (SSSR count). The van der Waals surface area contributed by atoms with E-state index >= 15 is 0 Å². The van der Waals surface area contributed by atoms with E-state index in [1.165, 1.54) is 13.8 Å². The van der Waals surface area contributed by atoms with Gasteiger partial charge in [-0.25, -0.2) is 0 Å². The molecule has 3 atom stereocenters. The SMILES string of the molecule is CC(C)C(CCC(C)(CC(O)S(=O)(=O)O)S(=O)(=O)O)S(=O)(=O)O. The molecule has 0 aliphatic carbocycles. The second-order valence-electron chi connectivity index (χ2n) is 5.93. The molecule has 0 heterocycles. The summed E-state index contributed by atoms with van der Waals surface area (Å²) in [6.07, 6.45) is -2.05. The van der Waals surface area contributed by atoms with Crippen molar-refractivity contribution in [3.05, 3.63) is 0 Å². The number of aliphatic hydroxyl groups is 1. The fraction of sp³-hybridized carbons (Fsp3) is 1.00. The summed E-state index contributed by atoms with van der Waals surface area (Å²) in [5.41, 5.74) is -2.47. The van der Waals surface area contributed by atoms with Crippen LogP contribution in [0.15, 0.2) is 0 Å². The summed E-state index contributed by atoms with van der Waals surface area (Å²) < 4.78 is 92.1. The summed E-state index contributed by atoms with van der Waals surface area (Å²) in [6.45, 7) is 3.84. The molecule has 4 N–H and O–H groups in total. The van der Waals surface area contributed by atoms with E-state index in [-0.39, 0.29) is 0 Å². The van der Waals surface area contributed by atoms with Crippen LogP contribution in [0.1, 0.15) is 40.0 Å². The van der Waals surface area contributed by atoms with Crippen LogP contribution in [0.25, 0.3) is 0 Å². The molecule has 0 radical (unpaired) electrons. The van der Waals surface area contributed by atoms with Gasteiger partial charge in [-0.05, 0) is 25.7 Å². The molecule has 0 aliphatic rings. The fourth-order valence-corrected chi connectivity index (χ4v) is 4.62. The van der Waals surface area contributed by atoms with Gasteiger partial charge in [-0.3, -0.25) is 13.7 Å². The van der Waals surface area contributed by atoms with Gasteiger partial charge in [0, 0.05) is 6.42 Å². The largest absolute Gasteiger partial charge is 0.375 e. The molecule has 0 saturated carbocycles. The van der Waals surface area contributed by atoms with Crippen LogP contribution in [-0.4, -0.2) is 59.5 Å². The Morgan fingerprint density at radius 3 is 1.61 bits per heavy atom. The van der Waals surface area contributed by atoms with E-state index in [0.29, 0.717) is 0 Å². The molecule has 3 unspecified atom stereocenters. The maximum Gasteiger partial charge on any atom is 0.292 e. The third-order valence-electron chi connectivity index (χ3n) is 3.66. The molecule has 13 heteroatoms. The van der Waals surface area contributed by atoms with Gasteiger partial charge in [0.1, 0.15) is 0 Å². The van der Waals surface area contributed by atoms with Crippen molar-refractivity contribution in [2.45, 2.75) is 55.5 Å². The quantitative estimate of drug-likeness (QED) is 0.383. The molecule has 0 aromatic carbocycles. The van der Waals surface area contributed by atoms with E-state index in [2.05, 4.69) is 0 Å². The molecule has 0 fully saturated rings. The first-order valence-electron chi connectivity index (χ1n) is 6.49. The van der Waals surface area contributed by atoms with Gasteiger partial charge >= 0.3 is 0 Å². The van der Waals surface area contributed by atoms with Crippen LogP contribution in [0.2, 0.25) is 0 Å². The van der Waals surface area contributed by atoms with Crippen LogP contribution in [0.5, 0.6) is 0 Å². The molecular formula is C10H22O10S3. The third-order valence-corrected chi connectivity index (χ3v) is 7.67. The van der Waals surface area contributed by atoms with Crippen molar-refractivity contribution in [3.8, 4) is 0 Å². The maximum atomic E-state index is 11.5. The van der Waals surface area contributed by atoms with Crippen molar-refractivity contribution < 1.29 is 44.0 Å². The van der Waals surface area contributed by atoms with E-state index in [4.69, 9.17) is 9.11 Å². The molecule has 0 bridgehead atoms. The Bertz CT molecular complexity index is 706. The predicted molar refractivity (Wildman–Crippen MR) is 81.5 cm³/mol. The highest BCUT2D eigenvalue weighted by molar-refractivity contribution is 7.88. The third kappa shape index (κ3) is 6.60. The topological polar surface area (TPSA) is 183 Å². The van der Waals surface area contributed by atoms with Gasteiger partial charge in [0.25, 0.3) is 30.4 Å². The van der Waals surface area contributed by atoms with Gasteiger partial charge in [0.15, 0.2) is 5.44 Å². The average Bonchev–Trinajstić information content (AvgIpc) is 2.23. The smallest absolute Gasteiger partial charge is 0.292 e. The summed E-state index contributed by atoms with van der Waals surface area (Å²) >= 11 is 0. The summed E-state index contributed by atoms with van der Waals surface area (Å²) in [5, 5.41) is 8.00. The van der Waals surface area contributed by atoms with Crippen molar-refractivity contribution in [1.29, 1.82) is 0 Å². The van der Waals surface area contributed by atoms with Gasteiger partial charge in [-0.2, -0.15) is 25.3 Å². The highest BCUT2D eigenvalue weighted by atomic mass is 32.2. The fourth-order valence-electron chi connectivity index (χ4n) is 2.08. The van der Waals surface area contributed by atoms with Crippen molar-refractivity contribution in [2.24, 2.45) is 5.92 Å². The summed E-state index contributed by atoms with van der Waals surface area (Å²) in [4.78, 5) is 0. The molecule has 0 aromatic rings. The molecule has 0 aromatic heterocycles. The first-order chi connectivity index (χ1) is 9.92. The Balaban J connectivity index is 5.54. The van der Waals surface area contributed by atoms with Crippen LogP contribution < -0.4 is 0 Å². The first-order valence-corrected chi connectivity index (χ1v) is 10.9. The van der Waals surface area contributed by atoms with Crippen LogP contribution in [-0.2, 0) is 30.4 Å². The minimum atomic E-state index is -4.97. The van der Waals surface area contributed by atoms with Crippen LogP contribution >= 0.6 is 0 Å². The zero-order chi connectivity index (χ0) is 18.9. The first kappa shape index (κ1) is 22.7. The number of aliphatic hydroxyl groups excluding tert-OH is 1. The van der Waals surface area contributed by atoms with Crippen LogP contribution in [0.4, 0.5) is 0 Å². The molecule has 0 amide bonds. The van der Waals surface area contributed by atoms with Gasteiger partial charge in [-0.1, -0.05) is 13.8 Å². The normalized spacial score (nSPS) is 19.3. The second kappa shape index (κ2) is 7.29. The Kier molecular flexibility index (Phi) is 7.19. The number of rotatable bonds is 9. The monoisotopic (exact) mass is 398 g/mol. The van der Waals surface area contributed by atoms with Crippen molar-refractivity contribution >= 4 is 30.4 Å². The van der Waals surface area contributed by atoms with E-state index < -0.39 is 71.0 Å². The standard InChI is InChI=1S/C10H22O10S3/c1-7(2)8(21(12,13)14)4-5-10(3,23(18,19)20)6-9(11)22(15,16)17/h7-9,11H,4-6H2,1-3H3,(H,12,13,14)(H,15,16,17)(H,18,19,20). The lowest BCUT2D eigenvalue weighted by atomic mass is 9.96. The Morgan fingerprint density at radius 2 is 1.35 bits per heavy atom. The molecule has 0 spiro atoms. The number of hydrogen-bond acceptors (Lipinski definition) is 7. The van der Waals surface area contributed by atoms with Crippen molar-refractivity contribution in [3.63, 3.8) is 0 Å². The highest BCUT2D eigenvalue weighted by Gasteiger charge is 2.44. The van der Waals surface area contributed by atoms with Gasteiger partial charge < -0.3 is 5.11 Å². The average molecular weight is 398 g/mol. The predicted octanol–water partition coefficient (Wildman–Crippen LogP) is -0.0782. The Morgan fingerprint density at radius 1 is 0.913 bits per heavy atom. The van der Waals surface area contributed by atoms with Gasteiger partial charge in [0.2, 0.25) is 0 Å². The summed E-state index contributed by atoms with van der Waals surface area (Å²) in [7, 11) is -14.4. The number of hydrogen-bond donors (Lipinski definition) is 4. The lowest BCUT2D eigenvalue weighted by Gasteiger charge is -2.29. The zero-order valence-corrected chi connectivity index (χ0v) is 15.3. The molecule has 0 aliphatic heterocycles. The van der Waals surface area contributed by atoms with E-state index in [9.17, 15) is 34.9 Å². The lowest BCUT2D eigenvalue weighted by molar-refractivity contribution is 0.201. The molecule has 10 nitrogen and oxygen atoms in total. The second-order valence-corrected chi connectivity index (χ2v) is 11.1. The molecule has 140 valence electrons. The zero-order valence-electron chi connectivity index (χ0n) is 12.8. The molecule has 0 saturated heterocycles. The highest BCUT2D eigenvalue weighted by Crippen LogP contribution is 2.32. The molecular weight excluding hydrogens is 376 g/mol. The van der Waals surface area contributed by atoms with Gasteiger partial charge in [-0.15, -0.1) is 0 Å². The van der Waals surface area contributed by atoms with E-state index in [0.717, 1.165) is 6.92 Å². The lowest BCUT2D eigenvalue weighted by Crippen LogP contribution is -2.42. The maximum absolute atomic E-state index is 11.5. The minimum absolute atomic E-state index is 0.412. The van der Waals surface area contributed by atoms with E-state index in [1.807, 2.05) is 0 Å². The summed E-state index contributed by atoms with van der Waals surface area (Å²) in [6, 6.07) is 0.